The summed E-state index contributed by atoms with van der Waals surface area (Å²) >= 11 is 0. The maximum Gasteiger partial charge on any atom is 0.148 e. The van der Waals surface area contributed by atoms with Gasteiger partial charge in [-0.1, -0.05) is 12.2 Å². The van der Waals surface area contributed by atoms with Gasteiger partial charge in [-0.2, -0.15) is 0 Å². The molecule has 1 rings (SSSR count). The lowest BCUT2D eigenvalue weighted by atomic mass is 10.1. The van der Waals surface area contributed by atoms with Crippen LogP contribution in [0.1, 0.15) is 20.8 Å². The molecule has 72 valence electrons. The third kappa shape index (κ3) is 3.45. The molecule has 0 aromatic heterocycles. The summed E-state index contributed by atoms with van der Waals surface area (Å²) in [5, 5.41) is 0. The van der Waals surface area contributed by atoms with E-state index < -0.39 is 5.67 Å². The number of halogens is 1. The Kier molecular flexibility index (Phi) is 2.91. The summed E-state index contributed by atoms with van der Waals surface area (Å²) in [6.07, 6.45) is 8.28. The quantitative estimate of drug-likeness (QED) is 0.637. The van der Waals surface area contributed by atoms with Crippen LogP contribution in [-0.2, 0) is 4.74 Å². The minimum absolute atomic E-state index is 0.0739. The van der Waals surface area contributed by atoms with Gasteiger partial charge in [0.2, 0.25) is 0 Å². The van der Waals surface area contributed by atoms with E-state index in [1.165, 1.54) is 19.1 Å². The lowest BCUT2D eigenvalue weighted by molar-refractivity contribution is 0.153. The van der Waals surface area contributed by atoms with Crippen LogP contribution in [0.25, 0.3) is 0 Å². The Morgan fingerprint density at radius 2 is 2.08 bits per heavy atom. The zero-order valence-electron chi connectivity index (χ0n) is 8.25. The molecule has 0 bridgehead atoms. The largest absolute Gasteiger partial charge is 0.491 e. The van der Waals surface area contributed by atoms with E-state index in [9.17, 15) is 4.39 Å². The van der Waals surface area contributed by atoms with Gasteiger partial charge in [-0.05, 0) is 39.0 Å². The Bertz CT molecular complexity index is 259. The second-order valence-corrected chi connectivity index (χ2v) is 3.58. The van der Waals surface area contributed by atoms with E-state index in [1.54, 1.807) is 18.2 Å². The summed E-state index contributed by atoms with van der Waals surface area (Å²) in [7, 11) is 0. The fourth-order valence-electron chi connectivity index (χ4n) is 1.11. The van der Waals surface area contributed by atoms with E-state index in [1.807, 2.05) is 13.8 Å². The van der Waals surface area contributed by atoms with Gasteiger partial charge in [0, 0.05) is 0 Å². The molecule has 1 atom stereocenters. The van der Waals surface area contributed by atoms with Crippen molar-refractivity contribution in [2.45, 2.75) is 32.5 Å². The van der Waals surface area contributed by atoms with Crippen molar-refractivity contribution in [2.24, 2.45) is 0 Å². The van der Waals surface area contributed by atoms with Gasteiger partial charge in [0.05, 0.1) is 6.10 Å². The normalized spacial score (nSPS) is 27.3. The van der Waals surface area contributed by atoms with Crippen LogP contribution in [-0.4, -0.2) is 11.8 Å². The molecule has 13 heavy (non-hydrogen) atoms. The van der Waals surface area contributed by atoms with Gasteiger partial charge in [-0.15, -0.1) is 0 Å². The summed E-state index contributed by atoms with van der Waals surface area (Å²) in [5.41, 5.74) is -1.41. The first-order valence-electron chi connectivity index (χ1n) is 4.44. The van der Waals surface area contributed by atoms with Crippen LogP contribution in [0.2, 0.25) is 0 Å². The topological polar surface area (TPSA) is 9.23 Å². The van der Waals surface area contributed by atoms with Crippen LogP contribution in [0.3, 0.4) is 0 Å². The fraction of sp³-hybridized carbons (Fsp3) is 0.455. The standard InChI is InChI=1S/C11H15FO/c1-9(2)13-10-6-4-5-7-11(3,12)8-10/h4-9H,1-3H3. The molecule has 0 aliphatic heterocycles. The zero-order valence-corrected chi connectivity index (χ0v) is 8.25. The fourth-order valence-corrected chi connectivity index (χ4v) is 1.11. The second-order valence-electron chi connectivity index (χ2n) is 3.58. The summed E-state index contributed by atoms with van der Waals surface area (Å²) in [4.78, 5) is 0. The van der Waals surface area contributed by atoms with E-state index in [-0.39, 0.29) is 6.10 Å². The monoisotopic (exact) mass is 182 g/mol. The molecule has 0 fully saturated rings. The van der Waals surface area contributed by atoms with Crippen molar-refractivity contribution in [1.29, 1.82) is 0 Å². The molecule has 0 saturated heterocycles. The Balaban J connectivity index is 2.79. The average molecular weight is 182 g/mol. The first-order chi connectivity index (χ1) is 5.99. The molecule has 1 unspecified atom stereocenters. The van der Waals surface area contributed by atoms with Crippen molar-refractivity contribution >= 4 is 0 Å². The van der Waals surface area contributed by atoms with Gasteiger partial charge in [0.1, 0.15) is 11.4 Å². The van der Waals surface area contributed by atoms with Crippen LogP contribution >= 0.6 is 0 Å². The molecule has 0 saturated carbocycles. The van der Waals surface area contributed by atoms with Crippen molar-refractivity contribution in [3.8, 4) is 0 Å². The van der Waals surface area contributed by atoms with Crippen LogP contribution < -0.4 is 0 Å². The van der Waals surface area contributed by atoms with Crippen LogP contribution in [0, 0.1) is 0 Å². The Morgan fingerprint density at radius 3 is 2.69 bits per heavy atom. The lowest BCUT2D eigenvalue weighted by Gasteiger charge is -2.14. The predicted molar refractivity (Wildman–Crippen MR) is 52.1 cm³/mol. The maximum absolute atomic E-state index is 13.5. The number of allylic oxidation sites excluding steroid dienone is 5. The van der Waals surface area contributed by atoms with Crippen molar-refractivity contribution < 1.29 is 9.13 Å². The number of rotatable bonds is 2. The van der Waals surface area contributed by atoms with Gasteiger partial charge in [-0.3, -0.25) is 0 Å². The summed E-state index contributed by atoms with van der Waals surface area (Å²) < 4.78 is 18.9. The van der Waals surface area contributed by atoms with Crippen LogP contribution in [0.4, 0.5) is 4.39 Å². The second kappa shape index (κ2) is 3.77. The van der Waals surface area contributed by atoms with Crippen molar-refractivity contribution in [2.75, 3.05) is 0 Å². The van der Waals surface area contributed by atoms with Gasteiger partial charge < -0.3 is 4.74 Å². The van der Waals surface area contributed by atoms with Crippen LogP contribution in [0.15, 0.2) is 36.1 Å². The number of ether oxygens (including phenoxy) is 1. The smallest absolute Gasteiger partial charge is 0.148 e. The molecule has 0 aromatic carbocycles. The molecule has 2 heteroatoms. The van der Waals surface area contributed by atoms with E-state index in [2.05, 4.69) is 0 Å². The molecule has 0 amide bonds. The van der Waals surface area contributed by atoms with E-state index >= 15 is 0 Å². The van der Waals surface area contributed by atoms with E-state index in [0.29, 0.717) is 5.76 Å². The Hall–Kier alpha value is -1.05. The first-order valence-corrected chi connectivity index (χ1v) is 4.44. The number of hydrogen-bond acceptors (Lipinski definition) is 1. The molecule has 1 nitrogen and oxygen atoms in total. The molecular weight excluding hydrogens is 167 g/mol. The minimum Gasteiger partial charge on any atom is -0.491 e. The van der Waals surface area contributed by atoms with Crippen LogP contribution in [0.5, 0.6) is 0 Å². The minimum atomic E-state index is -1.41. The number of hydrogen-bond donors (Lipinski definition) is 0. The van der Waals surface area contributed by atoms with E-state index in [0.717, 1.165) is 0 Å². The highest BCUT2D eigenvalue weighted by Gasteiger charge is 2.18. The predicted octanol–water partition coefficient (Wildman–Crippen LogP) is 3.15. The highest BCUT2D eigenvalue weighted by atomic mass is 19.1. The van der Waals surface area contributed by atoms with Gasteiger partial charge >= 0.3 is 0 Å². The van der Waals surface area contributed by atoms with Gasteiger partial charge in [0.25, 0.3) is 0 Å². The Morgan fingerprint density at radius 1 is 1.38 bits per heavy atom. The highest BCUT2D eigenvalue weighted by Crippen LogP contribution is 2.21. The molecule has 1 aliphatic rings. The first kappa shape index (κ1) is 10.0. The van der Waals surface area contributed by atoms with Crippen molar-refractivity contribution in [1.82, 2.24) is 0 Å². The van der Waals surface area contributed by atoms with Gasteiger partial charge in [-0.25, -0.2) is 4.39 Å². The number of alkyl halides is 1. The highest BCUT2D eigenvalue weighted by molar-refractivity contribution is 5.29. The third-order valence-electron chi connectivity index (χ3n) is 1.59. The molecule has 0 N–H and O–H groups in total. The molecule has 0 aromatic rings. The van der Waals surface area contributed by atoms with Gasteiger partial charge in [0.15, 0.2) is 0 Å². The molecule has 0 radical (unpaired) electrons. The summed E-state index contributed by atoms with van der Waals surface area (Å²) in [5.74, 6) is 0.588. The SMILES string of the molecule is CC(C)OC1=CC(C)(F)C=CC=C1. The molecule has 0 heterocycles. The Labute approximate surface area is 78.6 Å². The van der Waals surface area contributed by atoms with Crippen molar-refractivity contribution in [3.05, 3.63) is 36.1 Å². The van der Waals surface area contributed by atoms with Crippen molar-refractivity contribution in [3.63, 3.8) is 0 Å². The lowest BCUT2D eigenvalue weighted by Crippen LogP contribution is -2.11. The summed E-state index contributed by atoms with van der Waals surface area (Å²) in [6.45, 7) is 5.34. The third-order valence-corrected chi connectivity index (χ3v) is 1.59. The average Bonchev–Trinajstić information content (AvgIpc) is 2.09. The molecule has 0 spiro atoms. The molecule has 1 aliphatic carbocycles. The zero-order chi connectivity index (χ0) is 9.90. The maximum atomic E-state index is 13.5. The summed E-state index contributed by atoms with van der Waals surface area (Å²) in [6, 6.07) is 0. The molecular formula is C11H15FO. The van der Waals surface area contributed by atoms with E-state index in [4.69, 9.17) is 4.74 Å².